The van der Waals surface area contributed by atoms with Crippen molar-refractivity contribution in [3.8, 4) is 22.8 Å². The molecule has 0 atom stereocenters. The predicted octanol–water partition coefficient (Wildman–Crippen LogP) is 4.84. The van der Waals surface area contributed by atoms with Crippen LogP contribution in [0.1, 0.15) is 28.6 Å². The molecule has 3 aromatic rings. The van der Waals surface area contributed by atoms with Gasteiger partial charge in [-0.05, 0) is 30.2 Å². The maximum atomic E-state index is 12.2. The molecule has 0 fully saturated rings. The molecule has 0 unspecified atom stereocenters. The summed E-state index contributed by atoms with van der Waals surface area (Å²) in [7, 11) is 2.96. The van der Waals surface area contributed by atoms with E-state index < -0.39 is 5.97 Å². The lowest BCUT2D eigenvalue weighted by molar-refractivity contribution is 0.0607. The van der Waals surface area contributed by atoms with E-state index >= 15 is 0 Å². The van der Waals surface area contributed by atoms with Crippen LogP contribution in [0.2, 0.25) is 0 Å². The summed E-state index contributed by atoms with van der Waals surface area (Å²) >= 11 is 1.19. The maximum absolute atomic E-state index is 12.2. The highest BCUT2D eigenvalue weighted by atomic mass is 32.1. The Hall–Kier alpha value is -3.39. The van der Waals surface area contributed by atoms with Crippen LogP contribution in [0.3, 0.4) is 0 Å². The van der Waals surface area contributed by atoms with Gasteiger partial charge in [0.1, 0.15) is 4.88 Å². The van der Waals surface area contributed by atoms with Gasteiger partial charge >= 0.3 is 5.97 Å². The fourth-order valence-electron chi connectivity index (χ4n) is 2.65. The van der Waals surface area contributed by atoms with Crippen molar-refractivity contribution in [2.75, 3.05) is 26.3 Å². The molecule has 0 bridgehead atoms. The fourth-order valence-corrected chi connectivity index (χ4v) is 3.51. The van der Waals surface area contributed by atoms with Crippen LogP contribution in [-0.4, -0.2) is 38.0 Å². The van der Waals surface area contributed by atoms with Gasteiger partial charge in [0.2, 0.25) is 5.13 Å². The summed E-state index contributed by atoms with van der Waals surface area (Å²) in [5.74, 6) is 0.900. The number of nitrogens with one attached hydrogen (secondary N) is 1. The molecule has 0 spiro atoms. The number of rotatable bonds is 9. The van der Waals surface area contributed by atoms with E-state index in [1.807, 2.05) is 55.5 Å². The number of carbonyl (C=O) groups is 1. The van der Waals surface area contributed by atoms with Gasteiger partial charge in [-0.2, -0.15) is 5.10 Å². The molecule has 3 rings (SSSR count). The lowest BCUT2D eigenvalue weighted by Crippen LogP contribution is -2.00. The van der Waals surface area contributed by atoms with E-state index in [2.05, 4.69) is 15.5 Å². The van der Waals surface area contributed by atoms with Gasteiger partial charge in [0.05, 0.1) is 32.7 Å². The van der Waals surface area contributed by atoms with E-state index in [1.165, 1.54) is 18.4 Å². The van der Waals surface area contributed by atoms with E-state index in [4.69, 9.17) is 14.2 Å². The largest absolute Gasteiger partial charge is 0.493 e. The number of hydrazone groups is 1. The molecule has 0 aliphatic rings. The highest BCUT2D eigenvalue weighted by Gasteiger charge is 2.19. The molecule has 8 heteroatoms. The van der Waals surface area contributed by atoms with Crippen molar-refractivity contribution >= 4 is 28.7 Å². The molecule has 1 N–H and O–H groups in total. The second kappa shape index (κ2) is 10.4. The first kappa shape index (κ1) is 21.3. The van der Waals surface area contributed by atoms with Crippen LogP contribution in [-0.2, 0) is 4.74 Å². The predicted molar refractivity (Wildman–Crippen MR) is 119 cm³/mol. The number of hydrogen-bond donors (Lipinski definition) is 1. The SMILES string of the molecule is CCCOc1cc(/C=N\Nc2nc(-c3ccccc3)c(C(=O)OC)s2)ccc1OC. The van der Waals surface area contributed by atoms with Gasteiger partial charge in [-0.15, -0.1) is 0 Å². The van der Waals surface area contributed by atoms with Crippen LogP contribution in [0, 0.1) is 0 Å². The van der Waals surface area contributed by atoms with Gasteiger partial charge in [0.15, 0.2) is 11.5 Å². The topological polar surface area (TPSA) is 82.0 Å². The Bertz CT molecular complexity index is 1020. The molecular formula is C22H23N3O4S. The van der Waals surface area contributed by atoms with Crippen molar-refractivity contribution in [2.45, 2.75) is 13.3 Å². The Morgan fingerprint density at radius 3 is 2.67 bits per heavy atom. The number of nitrogens with zero attached hydrogens (tertiary/aromatic N) is 2. The summed E-state index contributed by atoms with van der Waals surface area (Å²) < 4.78 is 15.9. The monoisotopic (exact) mass is 425 g/mol. The number of aromatic nitrogens is 1. The molecule has 0 aliphatic carbocycles. The summed E-state index contributed by atoms with van der Waals surface area (Å²) in [6.45, 7) is 2.65. The first-order chi connectivity index (χ1) is 14.7. The third kappa shape index (κ3) is 5.15. The van der Waals surface area contributed by atoms with Crippen LogP contribution in [0.15, 0.2) is 53.6 Å². The standard InChI is InChI=1S/C22H23N3O4S/c1-4-12-29-18-13-15(10-11-17(18)27-2)14-23-25-22-24-19(16-8-6-5-7-9-16)20(30-22)21(26)28-3/h5-11,13-14H,4,12H2,1-3H3,(H,24,25)/b23-14-. The van der Waals surface area contributed by atoms with Crippen molar-refractivity contribution in [1.29, 1.82) is 0 Å². The van der Waals surface area contributed by atoms with Crippen LogP contribution >= 0.6 is 11.3 Å². The summed E-state index contributed by atoms with van der Waals surface area (Å²) in [5.41, 5.74) is 5.12. The van der Waals surface area contributed by atoms with Gasteiger partial charge in [-0.25, -0.2) is 9.78 Å². The summed E-state index contributed by atoms with van der Waals surface area (Å²) in [6.07, 6.45) is 2.55. The normalized spacial score (nSPS) is 10.8. The van der Waals surface area contributed by atoms with E-state index in [0.717, 1.165) is 17.5 Å². The molecule has 2 aromatic carbocycles. The van der Waals surface area contributed by atoms with Crippen LogP contribution in [0.25, 0.3) is 11.3 Å². The smallest absolute Gasteiger partial charge is 0.350 e. The minimum Gasteiger partial charge on any atom is -0.493 e. The number of hydrogen-bond acceptors (Lipinski definition) is 8. The van der Waals surface area contributed by atoms with Gasteiger partial charge in [-0.3, -0.25) is 5.43 Å². The highest BCUT2D eigenvalue weighted by Crippen LogP contribution is 2.32. The van der Waals surface area contributed by atoms with Gasteiger partial charge in [-0.1, -0.05) is 48.6 Å². The molecule has 0 radical (unpaired) electrons. The van der Waals surface area contributed by atoms with E-state index in [1.54, 1.807) is 13.3 Å². The second-order valence-electron chi connectivity index (χ2n) is 6.18. The number of esters is 1. The Kier molecular flexibility index (Phi) is 7.40. The summed E-state index contributed by atoms with van der Waals surface area (Å²) in [4.78, 5) is 17.1. The fraction of sp³-hybridized carbons (Fsp3) is 0.227. The molecule has 0 aliphatic heterocycles. The van der Waals surface area contributed by atoms with E-state index in [-0.39, 0.29) is 0 Å². The van der Waals surface area contributed by atoms with Gasteiger partial charge in [0.25, 0.3) is 0 Å². The first-order valence-corrected chi connectivity index (χ1v) is 10.2. The lowest BCUT2D eigenvalue weighted by atomic mass is 10.1. The molecule has 0 saturated heterocycles. The number of carbonyl (C=O) groups excluding carboxylic acids is 1. The van der Waals surface area contributed by atoms with Gasteiger partial charge < -0.3 is 14.2 Å². The first-order valence-electron chi connectivity index (χ1n) is 9.40. The van der Waals surface area contributed by atoms with Crippen molar-refractivity contribution in [2.24, 2.45) is 5.10 Å². The average Bonchev–Trinajstić information content (AvgIpc) is 3.22. The number of benzene rings is 2. The van der Waals surface area contributed by atoms with Crippen molar-refractivity contribution < 1.29 is 19.0 Å². The minimum atomic E-state index is -0.434. The zero-order valence-electron chi connectivity index (χ0n) is 17.0. The lowest BCUT2D eigenvalue weighted by Gasteiger charge is -2.10. The molecule has 0 amide bonds. The number of methoxy groups -OCH3 is 2. The molecule has 30 heavy (non-hydrogen) atoms. The van der Waals surface area contributed by atoms with Crippen molar-refractivity contribution in [3.63, 3.8) is 0 Å². The molecule has 156 valence electrons. The summed E-state index contributed by atoms with van der Waals surface area (Å²) in [6, 6.07) is 15.0. The third-order valence-corrected chi connectivity index (χ3v) is 5.01. The molecule has 7 nitrogen and oxygen atoms in total. The zero-order valence-corrected chi connectivity index (χ0v) is 17.9. The van der Waals surface area contributed by atoms with Crippen molar-refractivity contribution in [3.05, 3.63) is 59.0 Å². The van der Waals surface area contributed by atoms with E-state index in [9.17, 15) is 4.79 Å². The van der Waals surface area contributed by atoms with Crippen LogP contribution in [0.4, 0.5) is 5.13 Å². The molecule has 1 aromatic heterocycles. The van der Waals surface area contributed by atoms with Gasteiger partial charge in [0, 0.05) is 5.56 Å². The van der Waals surface area contributed by atoms with E-state index in [0.29, 0.717) is 33.8 Å². The quantitative estimate of drug-likeness (QED) is 0.300. The Balaban J connectivity index is 1.79. The maximum Gasteiger partial charge on any atom is 0.350 e. The van der Waals surface area contributed by atoms with Crippen LogP contribution < -0.4 is 14.9 Å². The Labute approximate surface area is 179 Å². The zero-order chi connectivity index (χ0) is 21.3. The molecule has 1 heterocycles. The Morgan fingerprint density at radius 2 is 1.97 bits per heavy atom. The van der Waals surface area contributed by atoms with Crippen LogP contribution in [0.5, 0.6) is 11.5 Å². The average molecular weight is 426 g/mol. The number of ether oxygens (including phenoxy) is 3. The molecular weight excluding hydrogens is 402 g/mol. The number of thiazole rings is 1. The highest BCUT2D eigenvalue weighted by molar-refractivity contribution is 7.17. The minimum absolute atomic E-state index is 0.418. The third-order valence-electron chi connectivity index (χ3n) is 4.07. The number of anilines is 1. The Morgan fingerprint density at radius 1 is 1.17 bits per heavy atom. The second-order valence-corrected chi connectivity index (χ2v) is 7.18. The van der Waals surface area contributed by atoms with Crippen molar-refractivity contribution in [1.82, 2.24) is 4.98 Å². The summed E-state index contributed by atoms with van der Waals surface area (Å²) in [5, 5.41) is 4.73. The molecule has 0 saturated carbocycles.